The third-order valence-electron chi connectivity index (χ3n) is 9.09. The Balaban J connectivity index is 1.60. The number of carbonyl (C=O) groups is 2. The van der Waals surface area contributed by atoms with Crippen molar-refractivity contribution in [2.24, 2.45) is 0 Å². The van der Waals surface area contributed by atoms with Crippen molar-refractivity contribution in [3.8, 4) is 0 Å². The molecular formula is C39H43Cl2N3O4S. The molecule has 0 heterocycles. The van der Waals surface area contributed by atoms with E-state index in [1.54, 1.807) is 48.5 Å². The number of rotatable bonds is 12. The number of halogens is 2. The van der Waals surface area contributed by atoms with Gasteiger partial charge in [0.2, 0.25) is 11.8 Å². The van der Waals surface area contributed by atoms with Gasteiger partial charge in [-0.05, 0) is 80.6 Å². The molecule has 1 aliphatic carbocycles. The second kappa shape index (κ2) is 16.2. The van der Waals surface area contributed by atoms with Crippen LogP contribution in [-0.4, -0.2) is 43.8 Å². The Morgan fingerprint density at radius 2 is 1.51 bits per heavy atom. The molecular weight excluding hydrogens is 677 g/mol. The third kappa shape index (κ3) is 9.24. The fourth-order valence-corrected chi connectivity index (χ4v) is 8.31. The lowest BCUT2D eigenvalue weighted by molar-refractivity contribution is -0.140. The first-order chi connectivity index (χ1) is 23.4. The smallest absolute Gasteiger partial charge is 0.264 e. The molecule has 0 bridgehead atoms. The van der Waals surface area contributed by atoms with Crippen LogP contribution >= 0.6 is 23.2 Å². The van der Waals surface area contributed by atoms with Gasteiger partial charge in [0, 0.05) is 29.1 Å². The predicted molar refractivity (Wildman–Crippen MR) is 198 cm³/mol. The summed E-state index contributed by atoms with van der Waals surface area (Å²) in [6.07, 6.45) is 5.15. The minimum atomic E-state index is -4.21. The van der Waals surface area contributed by atoms with E-state index in [4.69, 9.17) is 23.2 Å². The Morgan fingerprint density at radius 1 is 0.837 bits per heavy atom. The zero-order valence-corrected chi connectivity index (χ0v) is 30.5. The van der Waals surface area contributed by atoms with Crippen molar-refractivity contribution in [1.29, 1.82) is 0 Å². The third-order valence-corrected chi connectivity index (χ3v) is 11.4. The zero-order valence-electron chi connectivity index (χ0n) is 28.2. The molecule has 2 amide bonds. The van der Waals surface area contributed by atoms with Crippen molar-refractivity contribution in [2.75, 3.05) is 10.8 Å². The molecule has 1 atom stereocenters. The Kier molecular flexibility index (Phi) is 12.1. The van der Waals surface area contributed by atoms with Gasteiger partial charge < -0.3 is 10.2 Å². The van der Waals surface area contributed by atoms with E-state index < -0.39 is 28.5 Å². The van der Waals surface area contributed by atoms with E-state index >= 15 is 0 Å². The van der Waals surface area contributed by atoms with Gasteiger partial charge in [0.1, 0.15) is 12.6 Å². The van der Waals surface area contributed by atoms with Gasteiger partial charge in [-0.15, -0.1) is 0 Å². The van der Waals surface area contributed by atoms with Crippen molar-refractivity contribution in [3.05, 3.63) is 129 Å². The Hall–Kier alpha value is -3.85. The van der Waals surface area contributed by atoms with E-state index in [0.717, 1.165) is 53.1 Å². The van der Waals surface area contributed by atoms with E-state index in [0.29, 0.717) is 26.9 Å². The quantitative estimate of drug-likeness (QED) is 0.160. The molecule has 10 heteroatoms. The molecule has 0 saturated heterocycles. The number of aryl methyl sites for hydroxylation is 3. The molecule has 1 unspecified atom stereocenters. The standard InChI is InChI=1S/C39H43Cl2N3O4S/c1-27-14-19-34(20-15-27)49(47,48)44(36-21-16-28(2)22-29(36)3)26-38(45)43(25-31-17-18-32(40)24-35(31)41)37(23-30-10-6-4-7-11-30)39(46)42-33-12-8-5-9-13-33/h4,6-7,10-11,14-22,24,33,37H,5,8-9,12-13,23,25-26H2,1-3H3,(H,42,46). The maximum Gasteiger partial charge on any atom is 0.264 e. The lowest BCUT2D eigenvalue weighted by Crippen LogP contribution is -2.55. The largest absolute Gasteiger partial charge is 0.352 e. The molecule has 49 heavy (non-hydrogen) atoms. The number of nitrogens with one attached hydrogen (secondary N) is 1. The summed E-state index contributed by atoms with van der Waals surface area (Å²) in [5, 5.41) is 4.01. The van der Waals surface area contributed by atoms with Crippen molar-refractivity contribution in [1.82, 2.24) is 10.2 Å². The monoisotopic (exact) mass is 719 g/mol. The van der Waals surface area contributed by atoms with Crippen LogP contribution in [0.2, 0.25) is 10.0 Å². The predicted octanol–water partition coefficient (Wildman–Crippen LogP) is 8.20. The van der Waals surface area contributed by atoms with Crippen LogP contribution in [0.25, 0.3) is 0 Å². The first-order valence-corrected chi connectivity index (χ1v) is 18.9. The van der Waals surface area contributed by atoms with E-state index in [2.05, 4.69) is 5.32 Å². The molecule has 5 rings (SSSR count). The molecule has 0 radical (unpaired) electrons. The van der Waals surface area contributed by atoms with Crippen LogP contribution in [-0.2, 0) is 32.6 Å². The molecule has 258 valence electrons. The molecule has 1 fully saturated rings. The SMILES string of the molecule is Cc1ccc(S(=O)(=O)N(CC(=O)N(Cc2ccc(Cl)cc2Cl)C(Cc2ccccc2)C(=O)NC2CCCCC2)c2ccc(C)cc2C)cc1. The lowest BCUT2D eigenvalue weighted by Gasteiger charge is -2.35. The topological polar surface area (TPSA) is 86.8 Å². The summed E-state index contributed by atoms with van der Waals surface area (Å²) < 4.78 is 29.9. The summed E-state index contributed by atoms with van der Waals surface area (Å²) in [6.45, 7) is 5.07. The Labute approximate surface area is 300 Å². The van der Waals surface area contributed by atoms with Crippen LogP contribution in [0.4, 0.5) is 5.69 Å². The van der Waals surface area contributed by atoms with Crippen LogP contribution in [0.1, 0.15) is 59.9 Å². The van der Waals surface area contributed by atoms with Crippen molar-refractivity contribution in [2.45, 2.75) is 82.8 Å². The highest BCUT2D eigenvalue weighted by Crippen LogP contribution is 2.30. The van der Waals surface area contributed by atoms with Gasteiger partial charge in [0.25, 0.3) is 10.0 Å². The summed E-state index contributed by atoms with van der Waals surface area (Å²) in [6, 6.07) is 25.6. The number of sulfonamides is 1. The molecule has 1 aliphatic rings. The number of hydrogen-bond donors (Lipinski definition) is 1. The molecule has 7 nitrogen and oxygen atoms in total. The molecule has 1 N–H and O–H groups in total. The number of benzene rings is 4. The molecule has 0 aliphatic heterocycles. The van der Waals surface area contributed by atoms with Crippen LogP contribution < -0.4 is 9.62 Å². The zero-order chi connectivity index (χ0) is 35.1. The Bertz CT molecular complexity index is 1880. The minimum Gasteiger partial charge on any atom is -0.352 e. The summed E-state index contributed by atoms with van der Waals surface area (Å²) in [5.74, 6) is -0.824. The second-order valence-corrected chi connectivity index (χ2v) is 15.6. The summed E-state index contributed by atoms with van der Waals surface area (Å²) in [7, 11) is -4.21. The van der Waals surface area contributed by atoms with Gasteiger partial charge in [0.05, 0.1) is 10.6 Å². The van der Waals surface area contributed by atoms with Gasteiger partial charge in [-0.3, -0.25) is 13.9 Å². The van der Waals surface area contributed by atoms with Crippen LogP contribution in [0.3, 0.4) is 0 Å². The molecule has 0 spiro atoms. The van der Waals surface area contributed by atoms with Crippen LogP contribution in [0.15, 0.2) is 95.9 Å². The van der Waals surface area contributed by atoms with Gasteiger partial charge in [-0.25, -0.2) is 8.42 Å². The average Bonchev–Trinajstić information content (AvgIpc) is 3.07. The molecule has 4 aromatic rings. The van der Waals surface area contributed by atoms with Crippen LogP contribution in [0.5, 0.6) is 0 Å². The molecule has 4 aromatic carbocycles. The molecule has 1 saturated carbocycles. The normalized spacial score (nSPS) is 14.2. The Morgan fingerprint density at radius 3 is 2.16 bits per heavy atom. The van der Waals surface area contributed by atoms with E-state index in [1.165, 1.54) is 4.90 Å². The van der Waals surface area contributed by atoms with Gasteiger partial charge in [-0.2, -0.15) is 0 Å². The maximum atomic E-state index is 14.8. The van der Waals surface area contributed by atoms with E-state index in [1.807, 2.05) is 63.2 Å². The van der Waals surface area contributed by atoms with Gasteiger partial charge >= 0.3 is 0 Å². The average molecular weight is 721 g/mol. The number of hydrogen-bond acceptors (Lipinski definition) is 4. The van der Waals surface area contributed by atoms with Crippen LogP contribution in [0, 0.1) is 20.8 Å². The highest BCUT2D eigenvalue weighted by atomic mass is 35.5. The first kappa shape index (κ1) is 36.4. The first-order valence-electron chi connectivity index (χ1n) is 16.7. The summed E-state index contributed by atoms with van der Waals surface area (Å²) >= 11 is 12.9. The lowest BCUT2D eigenvalue weighted by atomic mass is 9.94. The fourth-order valence-electron chi connectivity index (χ4n) is 6.37. The number of carbonyl (C=O) groups excluding carboxylic acids is 2. The fraction of sp³-hybridized carbons (Fsp3) is 0.333. The van der Waals surface area contributed by atoms with E-state index in [-0.39, 0.29) is 29.8 Å². The van der Waals surface area contributed by atoms with Crippen molar-refractivity contribution in [3.63, 3.8) is 0 Å². The number of anilines is 1. The van der Waals surface area contributed by atoms with Gasteiger partial charge in [0.15, 0.2) is 0 Å². The highest BCUT2D eigenvalue weighted by molar-refractivity contribution is 7.92. The number of amides is 2. The van der Waals surface area contributed by atoms with Crippen molar-refractivity contribution >= 4 is 50.7 Å². The van der Waals surface area contributed by atoms with Crippen molar-refractivity contribution < 1.29 is 18.0 Å². The summed E-state index contributed by atoms with van der Waals surface area (Å²) in [5.41, 5.74) is 4.41. The number of nitrogens with zero attached hydrogens (tertiary/aromatic N) is 2. The van der Waals surface area contributed by atoms with Gasteiger partial charge in [-0.1, -0.05) is 114 Å². The van der Waals surface area contributed by atoms with E-state index in [9.17, 15) is 18.0 Å². The highest BCUT2D eigenvalue weighted by Gasteiger charge is 2.36. The maximum absolute atomic E-state index is 14.8. The minimum absolute atomic E-state index is 0.00390. The molecule has 0 aromatic heterocycles. The second-order valence-electron chi connectivity index (χ2n) is 12.9. The summed E-state index contributed by atoms with van der Waals surface area (Å²) in [4.78, 5) is 30.7.